The molecule has 0 bridgehead atoms. The molecule has 5 nitrogen and oxygen atoms in total. The van der Waals surface area contributed by atoms with Gasteiger partial charge in [0.2, 0.25) is 11.8 Å². The van der Waals surface area contributed by atoms with Crippen LogP contribution in [0.4, 0.5) is 0 Å². The summed E-state index contributed by atoms with van der Waals surface area (Å²) in [7, 11) is 1.62. The van der Waals surface area contributed by atoms with Gasteiger partial charge < -0.3 is 14.5 Å². The first-order valence-electron chi connectivity index (χ1n) is 9.50. The minimum atomic E-state index is 0.00116. The molecular weight excluding hydrogens is 352 g/mol. The zero-order valence-corrected chi connectivity index (χ0v) is 16.4. The summed E-state index contributed by atoms with van der Waals surface area (Å²) in [6.45, 7) is 4.18. The first-order valence-corrected chi connectivity index (χ1v) is 9.50. The molecule has 0 saturated carbocycles. The lowest BCUT2D eigenvalue weighted by atomic mass is 10.1. The third-order valence-corrected chi connectivity index (χ3v) is 5.00. The first kappa shape index (κ1) is 19.7. The van der Waals surface area contributed by atoms with Crippen LogP contribution in [0.2, 0.25) is 0 Å². The summed E-state index contributed by atoms with van der Waals surface area (Å²) in [5.74, 6) is 0.832. The van der Waals surface area contributed by atoms with E-state index in [0.717, 1.165) is 22.4 Å². The number of rotatable bonds is 5. The summed E-state index contributed by atoms with van der Waals surface area (Å²) in [4.78, 5) is 28.8. The van der Waals surface area contributed by atoms with Gasteiger partial charge in [-0.2, -0.15) is 0 Å². The predicted molar refractivity (Wildman–Crippen MR) is 110 cm³/mol. The van der Waals surface area contributed by atoms with Crippen molar-refractivity contribution in [2.45, 2.75) is 13.3 Å². The Morgan fingerprint density at radius 2 is 1.64 bits per heavy atom. The van der Waals surface area contributed by atoms with Crippen LogP contribution in [-0.4, -0.2) is 54.9 Å². The van der Waals surface area contributed by atoms with Gasteiger partial charge in [-0.15, -0.1) is 0 Å². The number of benzene rings is 2. The number of allylic oxidation sites excluding steroid dienone is 1. The molecular formula is C23H26N2O3. The van der Waals surface area contributed by atoms with E-state index in [1.807, 2.05) is 71.3 Å². The average Bonchev–Trinajstić information content (AvgIpc) is 2.74. The maximum atomic E-state index is 12.6. The molecule has 2 aromatic rings. The van der Waals surface area contributed by atoms with Crippen LogP contribution in [0.25, 0.3) is 5.57 Å². The van der Waals surface area contributed by atoms with Gasteiger partial charge in [0, 0.05) is 32.3 Å². The molecule has 0 spiro atoms. The standard InChI is InChI=1S/C23H26N2O3/c1-18(20-8-4-3-5-9-20)15-22(26)24-11-13-25(14-12-24)23(27)17-19-7-6-10-21(16-19)28-2/h3-10,15-16H,11-14,17H2,1-2H3/b18-15+. The minimum Gasteiger partial charge on any atom is -0.497 e. The van der Waals surface area contributed by atoms with Gasteiger partial charge in [-0.3, -0.25) is 9.59 Å². The Hall–Kier alpha value is -3.08. The Bertz CT molecular complexity index is 853. The van der Waals surface area contributed by atoms with Gasteiger partial charge in [0.05, 0.1) is 13.5 Å². The van der Waals surface area contributed by atoms with Crippen LogP contribution in [0, 0.1) is 0 Å². The maximum Gasteiger partial charge on any atom is 0.246 e. The van der Waals surface area contributed by atoms with Crippen LogP contribution >= 0.6 is 0 Å². The van der Waals surface area contributed by atoms with Gasteiger partial charge in [-0.25, -0.2) is 0 Å². The van der Waals surface area contributed by atoms with Gasteiger partial charge in [0.1, 0.15) is 5.75 Å². The quantitative estimate of drug-likeness (QED) is 0.752. The number of ether oxygens (including phenoxy) is 1. The van der Waals surface area contributed by atoms with E-state index in [-0.39, 0.29) is 11.8 Å². The van der Waals surface area contributed by atoms with Crippen LogP contribution in [-0.2, 0) is 16.0 Å². The molecule has 28 heavy (non-hydrogen) atoms. The minimum absolute atomic E-state index is 0.00116. The van der Waals surface area contributed by atoms with Crippen LogP contribution < -0.4 is 4.74 Å². The maximum absolute atomic E-state index is 12.6. The molecule has 1 heterocycles. The summed E-state index contributed by atoms with van der Waals surface area (Å²) < 4.78 is 5.21. The summed E-state index contributed by atoms with van der Waals surface area (Å²) in [6, 6.07) is 17.4. The second kappa shape index (κ2) is 9.22. The lowest BCUT2D eigenvalue weighted by Crippen LogP contribution is -2.50. The average molecular weight is 378 g/mol. The molecule has 0 radical (unpaired) electrons. The number of piperazine rings is 1. The van der Waals surface area contributed by atoms with E-state index >= 15 is 0 Å². The summed E-state index contributed by atoms with van der Waals surface area (Å²) in [5, 5.41) is 0. The van der Waals surface area contributed by atoms with Crippen molar-refractivity contribution in [1.29, 1.82) is 0 Å². The van der Waals surface area contributed by atoms with Crippen molar-refractivity contribution in [3.05, 3.63) is 71.8 Å². The number of nitrogens with zero attached hydrogens (tertiary/aromatic N) is 2. The van der Waals surface area contributed by atoms with E-state index in [1.54, 1.807) is 13.2 Å². The van der Waals surface area contributed by atoms with Crippen molar-refractivity contribution < 1.29 is 14.3 Å². The number of hydrogen-bond donors (Lipinski definition) is 0. The van der Waals surface area contributed by atoms with E-state index in [4.69, 9.17) is 4.74 Å². The Kier molecular flexibility index (Phi) is 6.48. The van der Waals surface area contributed by atoms with Gasteiger partial charge in [-0.05, 0) is 35.8 Å². The number of hydrogen-bond acceptors (Lipinski definition) is 3. The topological polar surface area (TPSA) is 49.9 Å². The number of methoxy groups -OCH3 is 1. The highest BCUT2D eigenvalue weighted by Crippen LogP contribution is 2.16. The van der Waals surface area contributed by atoms with Crippen LogP contribution in [0.5, 0.6) is 5.75 Å². The highest BCUT2D eigenvalue weighted by atomic mass is 16.5. The molecule has 1 saturated heterocycles. The molecule has 146 valence electrons. The lowest BCUT2D eigenvalue weighted by Gasteiger charge is -2.34. The van der Waals surface area contributed by atoms with E-state index in [0.29, 0.717) is 32.6 Å². The molecule has 0 atom stereocenters. The van der Waals surface area contributed by atoms with Crippen LogP contribution in [0.3, 0.4) is 0 Å². The third kappa shape index (κ3) is 5.00. The molecule has 0 aromatic heterocycles. The fraction of sp³-hybridized carbons (Fsp3) is 0.304. The first-order chi connectivity index (χ1) is 13.6. The van der Waals surface area contributed by atoms with Crippen molar-refractivity contribution in [3.63, 3.8) is 0 Å². The fourth-order valence-corrected chi connectivity index (χ4v) is 3.31. The lowest BCUT2D eigenvalue weighted by molar-refractivity contribution is -0.136. The number of carbonyl (C=O) groups is 2. The van der Waals surface area contributed by atoms with E-state index < -0.39 is 0 Å². The Morgan fingerprint density at radius 3 is 2.32 bits per heavy atom. The molecule has 2 aromatic carbocycles. The number of carbonyl (C=O) groups excluding carboxylic acids is 2. The Morgan fingerprint density at radius 1 is 0.964 bits per heavy atom. The molecule has 0 N–H and O–H groups in total. The Balaban J connectivity index is 1.53. The number of amides is 2. The van der Waals surface area contributed by atoms with Crippen molar-refractivity contribution >= 4 is 17.4 Å². The smallest absolute Gasteiger partial charge is 0.246 e. The fourth-order valence-electron chi connectivity index (χ4n) is 3.31. The Labute approximate surface area is 166 Å². The summed E-state index contributed by atoms with van der Waals surface area (Å²) >= 11 is 0. The molecule has 0 aliphatic carbocycles. The predicted octanol–water partition coefficient (Wildman–Crippen LogP) is 3.01. The largest absolute Gasteiger partial charge is 0.497 e. The molecule has 1 aliphatic rings. The van der Waals surface area contributed by atoms with Gasteiger partial charge in [0.25, 0.3) is 0 Å². The van der Waals surface area contributed by atoms with Gasteiger partial charge in [0.15, 0.2) is 0 Å². The summed E-state index contributed by atoms with van der Waals surface area (Å²) in [6.07, 6.45) is 2.03. The van der Waals surface area contributed by atoms with Gasteiger partial charge >= 0.3 is 0 Å². The zero-order chi connectivity index (χ0) is 19.9. The molecule has 2 amide bonds. The van der Waals surface area contributed by atoms with Crippen LogP contribution in [0.1, 0.15) is 18.1 Å². The van der Waals surface area contributed by atoms with E-state index in [9.17, 15) is 9.59 Å². The molecule has 3 rings (SSSR count). The highest BCUT2D eigenvalue weighted by Gasteiger charge is 2.23. The van der Waals surface area contributed by atoms with Crippen molar-refractivity contribution in [2.75, 3.05) is 33.3 Å². The molecule has 1 fully saturated rings. The zero-order valence-electron chi connectivity index (χ0n) is 16.4. The molecule has 5 heteroatoms. The second-order valence-electron chi connectivity index (χ2n) is 6.93. The normalized spacial score (nSPS) is 14.7. The summed E-state index contributed by atoms with van der Waals surface area (Å²) in [5.41, 5.74) is 2.93. The van der Waals surface area contributed by atoms with Crippen molar-refractivity contribution in [1.82, 2.24) is 9.80 Å². The van der Waals surface area contributed by atoms with Crippen LogP contribution in [0.15, 0.2) is 60.7 Å². The molecule has 0 unspecified atom stereocenters. The highest BCUT2D eigenvalue weighted by molar-refractivity contribution is 5.95. The SMILES string of the molecule is COc1cccc(CC(=O)N2CCN(C(=O)/C=C(\C)c3ccccc3)CC2)c1. The monoisotopic (exact) mass is 378 g/mol. The van der Waals surface area contributed by atoms with E-state index in [1.165, 1.54) is 0 Å². The third-order valence-electron chi connectivity index (χ3n) is 5.00. The van der Waals surface area contributed by atoms with Gasteiger partial charge in [-0.1, -0.05) is 42.5 Å². The van der Waals surface area contributed by atoms with E-state index in [2.05, 4.69) is 0 Å². The van der Waals surface area contributed by atoms with Crippen molar-refractivity contribution in [3.8, 4) is 5.75 Å². The van der Waals surface area contributed by atoms with Crippen molar-refractivity contribution in [2.24, 2.45) is 0 Å². The molecule has 1 aliphatic heterocycles. The second-order valence-corrected chi connectivity index (χ2v) is 6.93.